The first-order valence-electron chi connectivity index (χ1n) is 8.20. The van der Waals surface area contributed by atoms with Crippen LogP contribution in [0.3, 0.4) is 0 Å². The largest absolute Gasteiger partial charge is 0.497 e. The molecule has 0 unspecified atom stereocenters. The highest BCUT2D eigenvalue weighted by Gasteiger charge is 2.13. The number of hydrogen-bond donors (Lipinski definition) is 1. The van der Waals surface area contributed by atoms with Crippen LogP contribution >= 0.6 is 11.6 Å². The first kappa shape index (κ1) is 18.4. The molecular weight excluding hydrogens is 326 g/mol. The van der Waals surface area contributed by atoms with E-state index in [0.717, 1.165) is 24.4 Å². The summed E-state index contributed by atoms with van der Waals surface area (Å²) in [4.78, 5) is 0. The van der Waals surface area contributed by atoms with E-state index in [1.807, 2.05) is 38.1 Å². The van der Waals surface area contributed by atoms with E-state index in [-0.39, 0.29) is 0 Å². The molecule has 0 atom stereocenters. The van der Waals surface area contributed by atoms with E-state index < -0.39 is 0 Å². The average Bonchev–Trinajstić information content (AvgIpc) is 2.59. The molecule has 2 aromatic carbocycles. The monoisotopic (exact) mass is 350 g/mol. The van der Waals surface area contributed by atoms with Crippen LogP contribution in [0.4, 0.5) is 0 Å². The smallest absolute Gasteiger partial charge is 0.179 e. The number of ether oxygens (including phenoxy) is 3. The van der Waals surface area contributed by atoms with Gasteiger partial charge in [-0.1, -0.05) is 11.6 Å². The van der Waals surface area contributed by atoms with E-state index in [9.17, 15) is 0 Å². The van der Waals surface area contributed by atoms with Gasteiger partial charge in [0.05, 0.1) is 25.3 Å². The Bertz CT molecular complexity index is 644. The highest BCUT2D eigenvalue weighted by Crippen LogP contribution is 2.36. The van der Waals surface area contributed by atoms with Gasteiger partial charge in [-0.05, 0) is 50.2 Å². The van der Waals surface area contributed by atoms with Gasteiger partial charge < -0.3 is 19.5 Å². The maximum Gasteiger partial charge on any atom is 0.179 e. The zero-order valence-electron chi connectivity index (χ0n) is 14.5. The molecule has 4 nitrogen and oxygen atoms in total. The van der Waals surface area contributed by atoms with E-state index >= 15 is 0 Å². The van der Waals surface area contributed by atoms with E-state index in [2.05, 4.69) is 17.4 Å². The molecule has 130 valence electrons. The Morgan fingerprint density at radius 2 is 1.58 bits per heavy atom. The zero-order valence-corrected chi connectivity index (χ0v) is 15.2. The fraction of sp³-hybridized carbons (Fsp3) is 0.368. The van der Waals surface area contributed by atoms with Crippen LogP contribution in [0.5, 0.6) is 17.2 Å². The van der Waals surface area contributed by atoms with Gasteiger partial charge in [0.2, 0.25) is 0 Å². The second-order valence-electron chi connectivity index (χ2n) is 5.32. The summed E-state index contributed by atoms with van der Waals surface area (Å²) in [7, 11) is 1.67. The lowest BCUT2D eigenvalue weighted by atomic mass is 10.1. The third kappa shape index (κ3) is 5.05. The van der Waals surface area contributed by atoms with E-state index in [4.69, 9.17) is 25.8 Å². The second kappa shape index (κ2) is 9.40. The van der Waals surface area contributed by atoms with Crippen LogP contribution in [0, 0.1) is 0 Å². The molecule has 0 saturated carbocycles. The van der Waals surface area contributed by atoms with Crippen molar-refractivity contribution in [3.63, 3.8) is 0 Å². The van der Waals surface area contributed by atoms with Crippen molar-refractivity contribution in [2.24, 2.45) is 0 Å². The molecule has 2 N–H and O–H groups in total. The topological polar surface area (TPSA) is 44.3 Å². The standard InChI is InChI=1S/C19H24ClNO3/c1-4-23-18-11-15(10-17(20)19(18)24-5-2)13-21-12-14-6-8-16(22-3)9-7-14/h6-11,21H,4-5,12-13H2,1-3H3/p+1. The summed E-state index contributed by atoms with van der Waals surface area (Å²) < 4.78 is 16.4. The Morgan fingerprint density at radius 3 is 2.21 bits per heavy atom. The predicted molar refractivity (Wildman–Crippen MR) is 96.1 cm³/mol. The SMILES string of the molecule is CCOc1cc(C[NH2+]Cc2ccc(OC)cc2)cc(Cl)c1OCC. The predicted octanol–water partition coefficient (Wildman–Crippen LogP) is 3.41. The van der Waals surface area contributed by atoms with Crippen molar-refractivity contribution in [2.75, 3.05) is 20.3 Å². The highest BCUT2D eigenvalue weighted by atomic mass is 35.5. The third-order valence-corrected chi connectivity index (χ3v) is 3.86. The number of hydrogen-bond acceptors (Lipinski definition) is 3. The van der Waals surface area contributed by atoms with Crippen molar-refractivity contribution in [1.82, 2.24) is 0 Å². The normalized spacial score (nSPS) is 10.5. The lowest BCUT2D eigenvalue weighted by Crippen LogP contribution is -2.80. The lowest BCUT2D eigenvalue weighted by molar-refractivity contribution is -0.686. The first-order chi connectivity index (χ1) is 11.7. The molecule has 0 fully saturated rings. The van der Waals surface area contributed by atoms with Crippen LogP contribution in [0.15, 0.2) is 36.4 Å². The van der Waals surface area contributed by atoms with Gasteiger partial charge in [0.25, 0.3) is 0 Å². The third-order valence-electron chi connectivity index (χ3n) is 3.58. The lowest BCUT2D eigenvalue weighted by Gasteiger charge is -2.14. The second-order valence-corrected chi connectivity index (χ2v) is 5.72. The zero-order chi connectivity index (χ0) is 17.4. The Hall–Kier alpha value is -1.91. The van der Waals surface area contributed by atoms with Crippen LogP contribution in [-0.2, 0) is 13.1 Å². The molecule has 2 aromatic rings. The fourth-order valence-corrected chi connectivity index (χ4v) is 2.74. The van der Waals surface area contributed by atoms with Crippen LogP contribution in [0.1, 0.15) is 25.0 Å². The van der Waals surface area contributed by atoms with E-state index in [1.54, 1.807) is 7.11 Å². The number of methoxy groups -OCH3 is 1. The summed E-state index contributed by atoms with van der Waals surface area (Å²) in [5.74, 6) is 2.21. The van der Waals surface area contributed by atoms with Crippen molar-refractivity contribution in [3.05, 3.63) is 52.5 Å². The van der Waals surface area contributed by atoms with Gasteiger partial charge in [0.15, 0.2) is 11.5 Å². The molecule has 0 heterocycles. The Kier molecular flexibility index (Phi) is 7.22. The molecule has 0 amide bonds. The minimum atomic E-state index is 0.558. The number of halogens is 1. The van der Waals surface area contributed by atoms with Crippen molar-refractivity contribution < 1.29 is 19.5 Å². The highest BCUT2D eigenvalue weighted by molar-refractivity contribution is 6.32. The van der Waals surface area contributed by atoms with Gasteiger partial charge in [-0.25, -0.2) is 0 Å². The summed E-state index contributed by atoms with van der Waals surface area (Å²) >= 11 is 6.35. The van der Waals surface area contributed by atoms with Gasteiger partial charge in [0.1, 0.15) is 18.8 Å². The van der Waals surface area contributed by atoms with Crippen molar-refractivity contribution in [3.8, 4) is 17.2 Å². The molecule has 0 spiro atoms. The summed E-state index contributed by atoms with van der Waals surface area (Å²) in [5.41, 5.74) is 2.36. The molecule has 0 aromatic heterocycles. The summed E-state index contributed by atoms with van der Waals surface area (Å²) in [5, 5.41) is 2.82. The minimum absolute atomic E-state index is 0.558. The van der Waals surface area contributed by atoms with Crippen LogP contribution in [-0.4, -0.2) is 20.3 Å². The molecule has 0 bridgehead atoms. The molecule has 2 rings (SSSR count). The number of rotatable bonds is 9. The Morgan fingerprint density at radius 1 is 0.917 bits per heavy atom. The van der Waals surface area contributed by atoms with Gasteiger partial charge >= 0.3 is 0 Å². The Labute approximate surface area is 148 Å². The molecule has 5 heteroatoms. The first-order valence-corrected chi connectivity index (χ1v) is 8.58. The Balaban J connectivity index is 2.00. The molecule has 0 aliphatic heterocycles. The average molecular weight is 351 g/mol. The molecular formula is C19H25ClNO3+. The van der Waals surface area contributed by atoms with Gasteiger partial charge in [-0.2, -0.15) is 0 Å². The maximum atomic E-state index is 6.35. The van der Waals surface area contributed by atoms with Gasteiger partial charge in [0, 0.05) is 11.1 Å². The van der Waals surface area contributed by atoms with Gasteiger partial charge in [-0.15, -0.1) is 0 Å². The van der Waals surface area contributed by atoms with Crippen molar-refractivity contribution in [1.29, 1.82) is 0 Å². The van der Waals surface area contributed by atoms with E-state index in [1.165, 1.54) is 5.56 Å². The number of benzene rings is 2. The molecule has 24 heavy (non-hydrogen) atoms. The number of quaternary nitrogens is 1. The van der Waals surface area contributed by atoms with Crippen LogP contribution in [0.2, 0.25) is 5.02 Å². The summed E-state index contributed by atoms with van der Waals surface area (Å²) in [6, 6.07) is 12.1. The molecule has 0 aliphatic rings. The number of nitrogens with two attached hydrogens (primary N) is 1. The molecule has 0 saturated heterocycles. The van der Waals surface area contributed by atoms with Crippen LogP contribution < -0.4 is 19.5 Å². The maximum absolute atomic E-state index is 6.35. The molecule has 0 radical (unpaired) electrons. The molecule has 0 aliphatic carbocycles. The van der Waals surface area contributed by atoms with E-state index in [0.29, 0.717) is 29.7 Å². The summed E-state index contributed by atoms with van der Waals surface area (Å²) in [6.45, 7) is 6.73. The van der Waals surface area contributed by atoms with Crippen LogP contribution in [0.25, 0.3) is 0 Å². The summed E-state index contributed by atoms with van der Waals surface area (Å²) in [6.07, 6.45) is 0. The van der Waals surface area contributed by atoms with Crippen molar-refractivity contribution in [2.45, 2.75) is 26.9 Å². The quantitative estimate of drug-likeness (QED) is 0.753. The minimum Gasteiger partial charge on any atom is -0.497 e. The van der Waals surface area contributed by atoms with Crippen molar-refractivity contribution >= 4 is 11.6 Å². The van der Waals surface area contributed by atoms with Gasteiger partial charge in [-0.3, -0.25) is 0 Å². The fourth-order valence-electron chi connectivity index (χ4n) is 2.45.